The Kier molecular flexibility index (Phi) is 6.11. The molecule has 154 valence electrons. The second-order valence-corrected chi connectivity index (χ2v) is 7.88. The van der Waals surface area contributed by atoms with Crippen LogP contribution in [0.15, 0.2) is 42.6 Å². The first-order valence-electron chi connectivity index (χ1n) is 10.7. The number of aliphatic hydroxyl groups is 1. The minimum atomic E-state index is -0.515. The summed E-state index contributed by atoms with van der Waals surface area (Å²) in [5.74, 6) is 1.19. The highest BCUT2D eigenvalue weighted by Crippen LogP contribution is 2.30. The molecule has 2 aromatic rings. The molecule has 1 fully saturated rings. The van der Waals surface area contributed by atoms with Crippen LogP contribution in [0.3, 0.4) is 0 Å². The predicted molar refractivity (Wildman–Crippen MR) is 115 cm³/mol. The lowest BCUT2D eigenvalue weighted by molar-refractivity contribution is -0.118. The lowest BCUT2D eigenvalue weighted by atomic mass is 9.96. The number of benzene rings is 1. The van der Waals surface area contributed by atoms with Crippen molar-refractivity contribution in [2.45, 2.75) is 32.3 Å². The van der Waals surface area contributed by atoms with Gasteiger partial charge in [-0.1, -0.05) is 25.1 Å². The van der Waals surface area contributed by atoms with Crippen LogP contribution < -0.4 is 9.80 Å². The number of aryl methyl sites for hydroxylation is 1. The number of anilines is 2. The Morgan fingerprint density at radius 1 is 1.14 bits per heavy atom. The molecule has 1 amide bonds. The van der Waals surface area contributed by atoms with Crippen molar-refractivity contribution in [1.29, 1.82) is 0 Å². The topological polar surface area (TPSA) is 59.9 Å². The van der Waals surface area contributed by atoms with Crippen LogP contribution in [0.25, 0.3) is 0 Å². The number of fused-ring (bicyclic) bond motifs is 1. The molecule has 4 rings (SSSR count). The number of hydrogen-bond acceptors (Lipinski definition) is 5. The van der Waals surface area contributed by atoms with Gasteiger partial charge in [-0.15, -0.1) is 0 Å². The fraction of sp³-hybridized carbons (Fsp3) is 0.478. The largest absolute Gasteiger partial charge is 0.387 e. The zero-order chi connectivity index (χ0) is 20.2. The number of nitrogens with zero attached hydrogens (tertiary/aromatic N) is 4. The minimum absolute atomic E-state index is 0.171. The van der Waals surface area contributed by atoms with Gasteiger partial charge in [0.15, 0.2) is 0 Å². The molecule has 1 atom stereocenters. The molecule has 0 bridgehead atoms. The molecule has 29 heavy (non-hydrogen) atoms. The molecule has 1 N–H and O–H groups in total. The van der Waals surface area contributed by atoms with Gasteiger partial charge in [0.2, 0.25) is 5.91 Å². The van der Waals surface area contributed by atoms with Gasteiger partial charge in [-0.2, -0.15) is 0 Å². The summed E-state index contributed by atoms with van der Waals surface area (Å²) in [4.78, 5) is 23.1. The zero-order valence-corrected chi connectivity index (χ0v) is 17.1. The number of carbonyl (C=O) groups is 1. The zero-order valence-electron chi connectivity index (χ0n) is 17.1. The Hall–Kier alpha value is -2.44. The molecule has 2 aliphatic heterocycles. The maximum Gasteiger partial charge on any atom is 0.226 e. The second-order valence-electron chi connectivity index (χ2n) is 7.88. The van der Waals surface area contributed by atoms with Gasteiger partial charge < -0.3 is 14.9 Å². The standard InChI is InChI=1S/C23H30N4O2/c1-2-23(29)27-11-5-6-18-16-19(8-9-20(18)27)21(28)17-25-12-14-26(15-13-25)22-7-3-4-10-24-22/h3-4,7-10,16,21,28H,2,5-6,11-15,17H2,1H3. The van der Waals surface area contributed by atoms with Crippen LogP contribution in [0.1, 0.15) is 37.0 Å². The maximum atomic E-state index is 12.2. The van der Waals surface area contributed by atoms with E-state index in [0.717, 1.165) is 62.6 Å². The number of hydrogen-bond donors (Lipinski definition) is 1. The van der Waals surface area contributed by atoms with E-state index in [2.05, 4.69) is 20.9 Å². The van der Waals surface area contributed by atoms with Crippen LogP contribution in [0.5, 0.6) is 0 Å². The third kappa shape index (κ3) is 4.43. The highest BCUT2D eigenvalue weighted by atomic mass is 16.3. The molecule has 2 aliphatic rings. The fourth-order valence-corrected chi connectivity index (χ4v) is 4.32. The molecule has 0 saturated carbocycles. The van der Waals surface area contributed by atoms with Crippen LogP contribution in [-0.2, 0) is 11.2 Å². The van der Waals surface area contributed by atoms with Gasteiger partial charge in [0, 0.05) is 57.6 Å². The van der Waals surface area contributed by atoms with Crippen LogP contribution in [0.4, 0.5) is 11.5 Å². The first-order valence-corrected chi connectivity index (χ1v) is 10.7. The maximum absolute atomic E-state index is 12.2. The molecular formula is C23H30N4O2. The van der Waals surface area contributed by atoms with Crippen molar-refractivity contribution in [3.05, 3.63) is 53.7 Å². The van der Waals surface area contributed by atoms with Crippen LogP contribution in [0, 0.1) is 0 Å². The highest BCUT2D eigenvalue weighted by Gasteiger charge is 2.24. The summed E-state index contributed by atoms with van der Waals surface area (Å²) < 4.78 is 0. The molecular weight excluding hydrogens is 364 g/mol. The number of carbonyl (C=O) groups excluding carboxylic acids is 1. The summed E-state index contributed by atoms with van der Waals surface area (Å²) >= 11 is 0. The molecule has 1 aromatic heterocycles. The van der Waals surface area contributed by atoms with Gasteiger partial charge in [0.25, 0.3) is 0 Å². The van der Waals surface area contributed by atoms with E-state index in [-0.39, 0.29) is 5.91 Å². The van der Waals surface area contributed by atoms with Crippen LogP contribution in [0.2, 0.25) is 0 Å². The molecule has 1 aromatic carbocycles. The monoisotopic (exact) mass is 394 g/mol. The lowest BCUT2D eigenvalue weighted by Crippen LogP contribution is -2.47. The van der Waals surface area contributed by atoms with E-state index in [1.807, 2.05) is 48.4 Å². The van der Waals surface area contributed by atoms with Gasteiger partial charge in [0.05, 0.1) is 6.10 Å². The molecule has 6 heteroatoms. The van der Waals surface area contributed by atoms with Crippen molar-refractivity contribution in [2.75, 3.05) is 49.1 Å². The number of amides is 1. The van der Waals surface area contributed by atoms with Gasteiger partial charge in [0.1, 0.15) is 5.82 Å². The molecule has 1 unspecified atom stereocenters. The quantitative estimate of drug-likeness (QED) is 0.845. The highest BCUT2D eigenvalue weighted by molar-refractivity contribution is 5.94. The molecule has 0 spiro atoms. The summed E-state index contributed by atoms with van der Waals surface area (Å²) in [5, 5.41) is 10.8. The first-order chi connectivity index (χ1) is 14.2. The normalized spacial score (nSPS) is 18.4. The van der Waals surface area contributed by atoms with Crippen molar-refractivity contribution in [3.63, 3.8) is 0 Å². The van der Waals surface area contributed by atoms with E-state index in [1.54, 1.807) is 0 Å². The van der Waals surface area contributed by atoms with Crippen LogP contribution >= 0.6 is 0 Å². The third-order valence-corrected chi connectivity index (χ3v) is 5.99. The Labute approximate surface area is 172 Å². The summed E-state index contributed by atoms with van der Waals surface area (Å²) in [6.07, 6.45) is 3.78. The molecule has 6 nitrogen and oxygen atoms in total. The molecule has 3 heterocycles. The molecule has 1 saturated heterocycles. The number of aliphatic hydroxyl groups excluding tert-OH is 1. The number of piperazine rings is 1. The second kappa shape index (κ2) is 8.93. The summed E-state index contributed by atoms with van der Waals surface area (Å²) in [6, 6.07) is 12.1. The van der Waals surface area contributed by atoms with Gasteiger partial charge >= 0.3 is 0 Å². The third-order valence-electron chi connectivity index (χ3n) is 5.99. The Bertz CT molecular complexity index is 834. The minimum Gasteiger partial charge on any atom is -0.387 e. The average molecular weight is 395 g/mol. The van der Waals surface area contributed by atoms with E-state index >= 15 is 0 Å². The van der Waals surface area contributed by atoms with Crippen LogP contribution in [-0.4, -0.2) is 60.2 Å². The van der Waals surface area contributed by atoms with E-state index in [9.17, 15) is 9.90 Å². The van der Waals surface area contributed by atoms with Gasteiger partial charge in [-0.25, -0.2) is 4.98 Å². The Morgan fingerprint density at radius 2 is 1.97 bits per heavy atom. The summed E-state index contributed by atoms with van der Waals surface area (Å²) in [5.41, 5.74) is 3.14. The fourth-order valence-electron chi connectivity index (χ4n) is 4.32. The van der Waals surface area contributed by atoms with E-state index in [4.69, 9.17) is 0 Å². The smallest absolute Gasteiger partial charge is 0.226 e. The SMILES string of the molecule is CCC(=O)N1CCCc2cc(C(O)CN3CCN(c4ccccn4)CC3)ccc21. The molecule has 0 aliphatic carbocycles. The number of β-amino-alcohol motifs (C(OH)–C–C–N with tert-alkyl or cyclic N) is 1. The van der Waals surface area contributed by atoms with Crippen molar-refractivity contribution in [1.82, 2.24) is 9.88 Å². The number of aromatic nitrogens is 1. The van der Waals surface area contributed by atoms with E-state index in [1.165, 1.54) is 5.56 Å². The van der Waals surface area contributed by atoms with Crippen molar-refractivity contribution < 1.29 is 9.90 Å². The average Bonchev–Trinajstić information content (AvgIpc) is 2.78. The predicted octanol–water partition coefficient (Wildman–Crippen LogP) is 2.63. The van der Waals surface area contributed by atoms with Crippen molar-refractivity contribution in [3.8, 4) is 0 Å². The van der Waals surface area contributed by atoms with E-state index in [0.29, 0.717) is 13.0 Å². The lowest BCUT2D eigenvalue weighted by Gasteiger charge is -2.36. The molecule has 0 radical (unpaired) electrons. The first kappa shape index (κ1) is 19.9. The number of pyridine rings is 1. The Morgan fingerprint density at radius 3 is 2.69 bits per heavy atom. The van der Waals surface area contributed by atoms with Gasteiger partial charge in [-0.05, 0) is 42.2 Å². The van der Waals surface area contributed by atoms with Crippen molar-refractivity contribution >= 4 is 17.4 Å². The van der Waals surface area contributed by atoms with Gasteiger partial charge in [-0.3, -0.25) is 9.69 Å². The van der Waals surface area contributed by atoms with Crippen molar-refractivity contribution in [2.24, 2.45) is 0 Å². The number of rotatable bonds is 5. The Balaban J connectivity index is 1.37. The van der Waals surface area contributed by atoms with E-state index < -0.39 is 6.10 Å². The summed E-state index contributed by atoms with van der Waals surface area (Å²) in [6.45, 7) is 7.00. The summed E-state index contributed by atoms with van der Waals surface area (Å²) in [7, 11) is 0.